The van der Waals surface area contributed by atoms with Crippen molar-refractivity contribution < 1.29 is 4.74 Å². The Labute approximate surface area is 120 Å². The van der Waals surface area contributed by atoms with Crippen LogP contribution in [0.1, 0.15) is 18.1 Å². The van der Waals surface area contributed by atoms with E-state index >= 15 is 0 Å². The molecule has 2 aromatic rings. The smallest absolute Gasteiger partial charge is 0.123 e. The lowest BCUT2D eigenvalue weighted by Crippen LogP contribution is -2.22. The monoisotopic (exact) mass is 266 g/mol. The molecule has 2 aromatic carbocycles. The SMILES string of the molecule is CCN(Cc1cc(C#N)ccc1OC)c1ccccc1. The zero-order chi connectivity index (χ0) is 14.4. The molecule has 0 fully saturated rings. The summed E-state index contributed by atoms with van der Waals surface area (Å²) in [6.45, 7) is 3.73. The van der Waals surface area contributed by atoms with Gasteiger partial charge in [0.25, 0.3) is 0 Å². The van der Waals surface area contributed by atoms with E-state index in [0.717, 1.165) is 24.4 Å². The summed E-state index contributed by atoms with van der Waals surface area (Å²) >= 11 is 0. The molecule has 0 unspecified atom stereocenters. The Morgan fingerprint density at radius 1 is 1.15 bits per heavy atom. The van der Waals surface area contributed by atoms with Crippen LogP contribution in [-0.4, -0.2) is 13.7 Å². The summed E-state index contributed by atoms with van der Waals surface area (Å²) in [5.41, 5.74) is 2.85. The minimum absolute atomic E-state index is 0.657. The second-order valence-corrected chi connectivity index (χ2v) is 4.49. The van der Waals surface area contributed by atoms with Crippen molar-refractivity contribution in [2.24, 2.45) is 0 Å². The van der Waals surface area contributed by atoms with Crippen LogP contribution in [0.5, 0.6) is 5.75 Å². The largest absolute Gasteiger partial charge is 0.496 e. The molecule has 0 amide bonds. The van der Waals surface area contributed by atoms with Gasteiger partial charge in [-0.15, -0.1) is 0 Å². The standard InChI is InChI=1S/C17H18N2O/c1-3-19(16-7-5-4-6-8-16)13-15-11-14(12-18)9-10-17(15)20-2/h4-11H,3,13H2,1-2H3. The first kappa shape index (κ1) is 14.0. The molecule has 0 aliphatic carbocycles. The number of nitriles is 1. The second kappa shape index (κ2) is 6.63. The minimum Gasteiger partial charge on any atom is -0.496 e. The molecule has 0 bridgehead atoms. The predicted octanol–water partition coefficient (Wildman–Crippen LogP) is 3.59. The Kier molecular flexibility index (Phi) is 4.62. The fourth-order valence-electron chi connectivity index (χ4n) is 2.20. The fourth-order valence-corrected chi connectivity index (χ4v) is 2.20. The number of benzene rings is 2. The Balaban J connectivity index is 2.30. The maximum atomic E-state index is 9.03. The van der Waals surface area contributed by atoms with Crippen LogP contribution < -0.4 is 9.64 Å². The van der Waals surface area contributed by atoms with E-state index in [1.165, 1.54) is 5.69 Å². The van der Waals surface area contributed by atoms with Crippen molar-refractivity contribution in [3.05, 3.63) is 59.7 Å². The van der Waals surface area contributed by atoms with Crippen molar-refractivity contribution in [1.29, 1.82) is 5.26 Å². The number of para-hydroxylation sites is 1. The molecular weight excluding hydrogens is 248 g/mol. The highest BCUT2D eigenvalue weighted by atomic mass is 16.5. The van der Waals surface area contributed by atoms with E-state index in [1.54, 1.807) is 13.2 Å². The third-order valence-corrected chi connectivity index (χ3v) is 3.27. The number of methoxy groups -OCH3 is 1. The number of anilines is 1. The Hall–Kier alpha value is -2.47. The molecule has 3 nitrogen and oxygen atoms in total. The van der Waals surface area contributed by atoms with Crippen LogP contribution in [0.2, 0.25) is 0 Å². The molecule has 20 heavy (non-hydrogen) atoms. The molecule has 0 spiro atoms. The summed E-state index contributed by atoms with van der Waals surface area (Å²) in [6.07, 6.45) is 0. The average Bonchev–Trinajstić information content (AvgIpc) is 2.53. The van der Waals surface area contributed by atoms with Crippen molar-refractivity contribution in [1.82, 2.24) is 0 Å². The maximum absolute atomic E-state index is 9.03. The van der Waals surface area contributed by atoms with Crippen molar-refractivity contribution in [2.45, 2.75) is 13.5 Å². The van der Waals surface area contributed by atoms with Gasteiger partial charge in [0.15, 0.2) is 0 Å². The second-order valence-electron chi connectivity index (χ2n) is 4.49. The first-order chi connectivity index (χ1) is 9.78. The fraction of sp³-hybridized carbons (Fsp3) is 0.235. The number of hydrogen-bond donors (Lipinski definition) is 0. The van der Waals surface area contributed by atoms with Gasteiger partial charge in [0.05, 0.1) is 18.7 Å². The maximum Gasteiger partial charge on any atom is 0.123 e. The molecule has 102 valence electrons. The van der Waals surface area contributed by atoms with Crippen LogP contribution in [0.4, 0.5) is 5.69 Å². The number of ether oxygens (including phenoxy) is 1. The molecule has 0 aliphatic heterocycles. The van der Waals surface area contributed by atoms with Gasteiger partial charge in [0.1, 0.15) is 5.75 Å². The molecule has 0 radical (unpaired) electrons. The molecule has 0 aliphatic rings. The highest BCUT2D eigenvalue weighted by Gasteiger charge is 2.10. The van der Waals surface area contributed by atoms with E-state index in [9.17, 15) is 0 Å². The van der Waals surface area contributed by atoms with E-state index in [-0.39, 0.29) is 0 Å². The van der Waals surface area contributed by atoms with Gasteiger partial charge in [0.2, 0.25) is 0 Å². The van der Waals surface area contributed by atoms with Gasteiger partial charge in [-0.2, -0.15) is 5.26 Å². The van der Waals surface area contributed by atoms with Crippen molar-refractivity contribution in [3.8, 4) is 11.8 Å². The lowest BCUT2D eigenvalue weighted by molar-refractivity contribution is 0.409. The summed E-state index contributed by atoms with van der Waals surface area (Å²) in [4.78, 5) is 2.25. The van der Waals surface area contributed by atoms with Crippen LogP contribution in [0, 0.1) is 11.3 Å². The summed E-state index contributed by atoms with van der Waals surface area (Å²) < 4.78 is 5.39. The first-order valence-electron chi connectivity index (χ1n) is 6.65. The van der Waals surface area contributed by atoms with E-state index < -0.39 is 0 Å². The first-order valence-corrected chi connectivity index (χ1v) is 6.65. The minimum atomic E-state index is 0.657. The predicted molar refractivity (Wildman–Crippen MR) is 80.9 cm³/mol. The van der Waals surface area contributed by atoms with Gasteiger partial charge < -0.3 is 9.64 Å². The Morgan fingerprint density at radius 3 is 2.50 bits per heavy atom. The van der Waals surface area contributed by atoms with E-state index in [1.807, 2.05) is 30.3 Å². The van der Waals surface area contributed by atoms with Gasteiger partial charge >= 0.3 is 0 Å². The molecule has 0 saturated carbocycles. The Bertz CT molecular complexity index is 602. The van der Waals surface area contributed by atoms with E-state index in [2.05, 4.69) is 30.0 Å². The third kappa shape index (κ3) is 3.10. The number of nitrogens with zero attached hydrogens (tertiary/aromatic N) is 2. The molecule has 3 heteroatoms. The lowest BCUT2D eigenvalue weighted by atomic mass is 10.1. The Morgan fingerprint density at radius 2 is 1.90 bits per heavy atom. The zero-order valence-electron chi connectivity index (χ0n) is 11.8. The summed E-state index contributed by atoms with van der Waals surface area (Å²) in [5.74, 6) is 0.818. The van der Waals surface area contributed by atoms with E-state index in [0.29, 0.717) is 5.56 Å². The molecule has 0 atom stereocenters. The van der Waals surface area contributed by atoms with Crippen molar-refractivity contribution >= 4 is 5.69 Å². The molecule has 2 rings (SSSR count). The van der Waals surface area contributed by atoms with E-state index in [4.69, 9.17) is 10.00 Å². The highest BCUT2D eigenvalue weighted by molar-refractivity contribution is 5.49. The van der Waals surface area contributed by atoms with Gasteiger partial charge in [-0.1, -0.05) is 18.2 Å². The van der Waals surface area contributed by atoms with Crippen molar-refractivity contribution in [2.75, 3.05) is 18.6 Å². The van der Waals surface area contributed by atoms with Crippen LogP contribution in [0.15, 0.2) is 48.5 Å². The number of rotatable bonds is 5. The van der Waals surface area contributed by atoms with Gasteiger partial charge in [0, 0.05) is 24.3 Å². The van der Waals surface area contributed by atoms with Gasteiger partial charge in [-0.05, 0) is 37.3 Å². The molecular formula is C17H18N2O. The molecule has 0 N–H and O–H groups in total. The van der Waals surface area contributed by atoms with Gasteiger partial charge in [-0.25, -0.2) is 0 Å². The van der Waals surface area contributed by atoms with Crippen LogP contribution in [0.3, 0.4) is 0 Å². The molecule has 0 aromatic heterocycles. The summed E-state index contributed by atoms with van der Waals surface area (Å²) in [7, 11) is 1.66. The summed E-state index contributed by atoms with van der Waals surface area (Å²) in [5, 5.41) is 9.03. The van der Waals surface area contributed by atoms with Crippen molar-refractivity contribution in [3.63, 3.8) is 0 Å². The normalized spacial score (nSPS) is 9.85. The van der Waals surface area contributed by atoms with Crippen LogP contribution in [0.25, 0.3) is 0 Å². The quantitative estimate of drug-likeness (QED) is 0.829. The zero-order valence-corrected chi connectivity index (χ0v) is 11.8. The number of hydrogen-bond acceptors (Lipinski definition) is 3. The molecule has 0 heterocycles. The average molecular weight is 266 g/mol. The van der Waals surface area contributed by atoms with Crippen LogP contribution in [-0.2, 0) is 6.54 Å². The topological polar surface area (TPSA) is 36.3 Å². The summed E-state index contributed by atoms with van der Waals surface area (Å²) in [6, 6.07) is 17.9. The van der Waals surface area contributed by atoms with Crippen LogP contribution >= 0.6 is 0 Å². The highest BCUT2D eigenvalue weighted by Crippen LogP contribution is 2.24. The lowest BCUT2D eigenvalue weighted by Gasteiger charge is -2.24. The van der Waals surface area contributed by atoms with Gasteiger partial charge in [-0.3, -0.25) is 0 Å². The molecule has 0 saturated heterocycles. The third-order valence-electron chi connectivity index (χ3n) is 3.27.